The summed E-state index contributed by atoms with van der Waals surface area (Å²) in [5, 5.41) is 0. The summed E-state index contributed by atoms with van der Waals surface area (Å²) in [6.07, 6.45) is 1.79. The maximum atomic E-state index is 5.30. The highest BCUT2D eigenvalue weighted by Gasteiger charge is 2.16. The molecule has 0 bridgehead atoms. The van der Waals surface area contributed by atoms with Crippen molar-refractivity contribution in [1.29, 1.82) is 0 Å². The van der Waals surface area contributed by atoms with Gasteiger partial charge in [0.2, 0.25) is 0 Å². The van der Waals surface area contributed by atoms with E-state index in [1.807, 2.05) is 6.07 Å². The average Bonchev–Trinajstić information content (AvgIpc) is 2.30. The van der Waals surface area contributed by atoms with Gasteiger partial charge in [0.05, 0.1) is 20.3 Å². The fourth-order valence-electron chi connectivity index (χ4n) is 1.58. The molecule has 0 saturated carbocycles. The first kappa shape index (κ1) is 10.7. The Morgan fingerprint density at radius 1 is 1.47 bits per heavy atom. The van der Waals surface area contributed by atoms with E-state index in [2.05, 4.69) is 25.8 Å². The number of pyridine rings is 1. The maximum Gasteiger partial charge on any atom is 0.171 e. The van der Waals surface area contributed by atoms with E-state index in [4.69, 9.17) is 9.47 Å². The Labute approximate surface area is 97.3 Å². The summed E-state index contributed by atoms with van der Waals surface area (Å²) in [7, 11) is 1.66. The number of morpholine rings is 1. The van der Waals surface area contributed by atoms with Crippen molar-refractivity contribution in [3.05, 3.63) is 16.7 Å². The Hall–Kier alpha value is -0.810. The van der Waals surface area contributed by atoms with Crippen molar-refractivity contribution in [1.82, 2.24) is 4.98 Å². The Bertz CT molecular complexity index is 340. The van der Waals surface area contributed by atoms with E-state index in [0.717, 1.165) is 42.3 Å². The molecule has 0 unspecified atom stereocenters. The Balaban J connectivity index is 2.25. The van der Waals surface area contributed by atoms with Gasteiger partial charge in [-0.15, -0.1) is 0 Å². The standard InChI is InChI=1S/C10H13BrN2O2/c1-14-9-6-8(11)7-12-10(9)13-2-4-15-5-3-13/h6-7H,2-5H2,1H3. The van der Waals surface area contributed by atoms with Gasteiger partial charge >= 0.3 is 0 Å². The lowest BCUT2D eigenvalue weighted by Crippen LogP contribution is -2.36. The molecule has 2 heterocycles. The molecule has 1 saturated heterocycles. The van der Waals surface area contributed by atoms with Crippen LogP contribution in [-0.2, 0) is 4.74 Å². The number of hydrogen-bond donors (Lipinski definition) is 0. The topological polar surface area (TPSA) is 34.6 Å². The summed E-state index contributed by atoms with van der Waals surface area (Å²) < 4.78 is 11.5. The van der Waals surface area contributed by atoms with Crippen LogP contribution in [0.3, 0.4) is 0 Å². The predicted molar refractivity (Wildman–Crippen MR) is 61.5 cm³/mol. The van der Waals surface area contributed by atoms with Crippen LogP contribution in [0.5, 0.6) is 5.75 Å². The predicted octanol–water partition coefficient (Wildman–Crippen LogP) is 1.69. The average molecular weight is 273 g/mol. The monoisotopic (exact) mass is 272 g/mol. The third-order valence-corrected chi connectivity index (χ3v) is 2.76. The zero-order chi connectivity index (χ0) is 10.7. The van der Waals surface area contributed by atoms with Crippen LogP contribution in [0.2, 0.25) is 0 Å². The molecule has 0 aliphatic carbocycles. The van der Waals surface area contributed by atoms with Crippen LogP contribution in [0.4, 0.5) is 5.82 Å². The molecule has 0 N–H and O–H groups in total. The molecule has 4 nitrogen and oxygen atoms in total. The van der Waals surface area contributed by atoms with Crippen molar-refractivity contribution in [3.8, 4) is 5.75 Å². The summed E-state index contributed by atoms with van der Waals surface area (Å²) in [6.45, 7) is 3.23. The summed E-state index contributed by atoms with van der Waals surface area (Å²) in [6, 6.07) is 1.93. The molecule has 1 aliphatic heterocycles. The molecule has 0 aromatic carbocycles. The molecular formula is C10H13BrN2O2. The molecule has 1 aliphatic rings. The van der Waals surface area contributed by atoms with Crippen LogP contribution in [0.1, 0.15) is 0 Å². The lowest BCUT2D eigenvalue weighted by Gasteiger charge is -2.28. The van der Waals surface area contributed by atoms with Gasteiger partial charge in [0, 0.05) is 23.8 Å². The van der Waals surface area contributed by atoms with Crippen molar-refractivity contribution < 1.29 is 9.47 Å². The molecule has 2 rings (SSSR count). The van der Waals surface area contributed by atoms with Gasteiger partial charge in [-0.25, -0.2) is 4.98 Å². The van der Waals surface area contributed by atoms with Gasteiger partial charge in [-0.05, 0) is 22.0 Å². The zero-order valence-electron chi connectivity index (χ0n) is 8.57. The molecule has 82 valence electrons. The van der Waals surface area contributed by atoms with Crippen LogP contribution in [0, 0.1) is 0 Å². The van der Waals surface area contributed by atoms with E-state index in [-0.39, 0.29) is 0 Å². The minimum absolute atomic E-state index is 0.751. The molecular weight excluding hydrogens is 260 g/mol. The van der Waals surface area contributed by atoms with Crippen LogP contribution in [-0.4, -0.2) is 38.4 Å². The van der Waals surface area contributed by atoms with Gasteiger partial charge in [-0.3, -0.25) is 0 Å². The third-order valence-electron chi connectivity index (χ3n) is 2.33. The zero-order valence-corrected chi connectivity index (χ0v) is 10.2. The Morgan fingerprint density at radius 2 is 2.20 bits per heavy atom. The van der Waals surface area contributed by atoms with E-state index in [9.17, 15) is 0 Å². The highest BCUT2D eigenvalue weighted by molar-refractivity contribution is 9.10. The molecule has 15 heavy (non-hydrogen) atoms. The quantitative estimate of drug-likeness (QED) is 0.821. The maximum absolute atomic E-state index is 5.30. The summed E-state index contributed by atoms with van der Waals surface area (Å²) >= 11 is 3.38. The van der Waals surface area contributed by atoms with Crippen molar-refractivity contribution in [2.75, 3.05) is 38.3 Å². The molecule has 0 radical (unpaired) electrons. The number of anilines is 1. The molecule has 0 atom stereocenters. The smallest absolute Gasteiger partial charge is 0.171 e. The number of methoxy groups -OCH3 is 1. The van der Waals surface area contributed by atoms with E-state index in [1.165, 1.54) is 0 Å². The molecule has 5 heteroatoms. The van der Waals surface area contributed by atoms with Gasteiger partial charge in [0.15, 0.2) is 11.6 Å². The van der Waals surface area contributed by atoms with Gasteiger partial charge in [-0.1, -0.05) is 0 Å². The fourth-order valence-corrected chi connectivity index (χ4v) is 1.89. The first-order valence-corrected chi connectivity index (χ1v) is 5.63. The summed E-state index contributed by atoms with van der Waals surface area (Å²) in [4.78, 5) is 6.55. The van der Waals surface area contributed by atoms with E-state index < -0.39 is 0 Å². The molecule has 0 amide bonds. The lowest BCUT2D eigenvalue weighted by molar-refractivity contribution is 0.122. The minimum Gasteiger partial charge on any atom is -0.493 e. The number of nitrogens with zero attached hydrogens (tertiary/aromatic N) is 2. The molecule has 1 aromatic rings. The third kappa shape index (κ3) is 2.41. The van der Waals surface area contributed by atoms with Crippen molar-refractivity contribution in [2.24, 2.45) is 0 Å². The Kier molecular flexibility index (Phi) is 3.43. The van der Waals surface area contributed by atoms with Crippen LogP contribution < -0.4 is 9.64 Å². The second-order valence-corrected chi connectivity index (χ2v) is 4.19. The van der Waals surface area contributed by atoms with Crippen LogP contribution in [0.15, 0.2) is 16.7 Å². The SMILES string of the molecule is COc1cc(Br)cnc1N1CCOCC1. The van der Waals surface area contributed by atoms with Crippen LogP contribution >= 0.6 is 15.9 Å². The fraction of sp³-hybridized carbons (Fsp3) is 0.500. The van der Waals surface area contributed by atoms with Gasteiger partial charge in [0.1, 0.15) is 0 Å². The second-order valence-electron chi connectivity index (χ2n) is 3.28. The summed E-state index contributed by atoms with van der Waals surface area (Å²) in [5.41, 5.74) is 0. The van der Waals surface area contributed by atoms with Gasteiger partial charge < -0.3 is 14.4 Å². The number of hydrogen-bond acceptors (Lipinski definition) is 4. The first-order chi connectivity index (χ1) is 7.31. The normalized spacial score (nSPS) is 16.5. The highest BCUT2D eigenvalue weighted by atomic mass is 79.9. The number of ether oxygens (including phenoxy) is 2. The van der Waals surface area contributed by atoms with Crippen molar-refractivity contribution >= 4 is 21.7 Å². The van der Waals surface area contributed by atoms with E-state index in [0.29, 0.717) is 0 Å². The largest absolute Gasteiger partial charge is 0.493 e. The number of rotatable bonds is 2. The lowest BCUT2D eigenvalue weighted by atomic mass is 10.3. The minimum atomic E-state index is 0.751. The second kappa shape index (κ2) is 4.81. The molecule has 0 spiro atoms. The Morgan fingerprint density at radius 3 is 2.87 bits per heavy atom. The molecule has 1 aromatic heterocycles. The van der Waals surface area contributed by atoms with Gasteiger partial charge in [0.25, 0.3) is 0 Å². The van der Waals surface area contributed by atoms with E-state index in [1.54, 1.807) is 13.3 Å². The van der Waals surface area contributed by atoms with Crippen molar-refractivity contribution in [2.45, 2.75) is 0 Å². The van der Waals surface area contributed by atoms with E-state index >= 15 is 0 Å². The van der Waals surface area contributed by atoms with Crippen LogP contribution in [0.25, 0.3) is 0 Å². The number of halogens is 1. The first-order valence-electron chi connectivity index (χ1n) is 4.83. The summed E-state index contributed by atoms with van der Waals surface area (Å²) in [5.74, 6) is 1.69. The molecule has 1 fully saturated rings. The highest BCUT2D eigenvalue weighted by Crippen LogP contribution is 2.28. The van der Waals surface area contributed by atoms with Crippen molar-refractivity contribution in [3.63, 3.8) is 0 Å². The van der Waals surface area contributed by atoms with Gasteiger partial charge in [-0.2, -0.15) is 0 Å². The number of aromatic nitrogens is 1.